The van der Waals surface area contributed by atoms with Crippen LogP contribution in [-0.2, 0) is 6.42 Å². The highest BCUT2D eigenvalue weighted by molar-refractivity contribution is 6.30. The Hall–Kier alpha value is -2.85. The van der Waals surface area contributed by atoms with Crippen LogP contribution in [0.25, 0.3) is 0 Å². The third-order valence-corrected chi connectivity index (χ3v) is 4.17. The Morgan fingerprint density at radius 1 is 0.962 bits per heavy atom. The molecule has 4 nitrogen and oxygen atoms in total. The quantitative estimate of drug-likeness (QED) is 0.577. The molecule has 0 saturated heterocycles. The number of anilines is 2. The molecule has 0 fully saturated rings. The molecule has 0 bridgehead atoms. The van der Waals surface area contributed by atoms with Gasteiger partial charge in [-0.05, 0) is 54.8 Å². The lowest BCUT2D eigenvalue weighted by Crippen LogP contribution is -2.12. The maximum absolute atomic E-state index is 12.2. The van der Waals surface area contributed by atoms with Crippen LogP contribution in [0.3, 0.4) is 0 Å². The lowest BCUT2D eigenvalue weighted by atomic mass is 10.1. The number of nitrogens with one attached hydrogen (secondary N) is 2. The average Bonchev–Trinajstić information content (AvgIpc) is 2.68. The van der Waals surface area contributed by atoms with Crippen molar-refractivity contribution in [3.05, 3.63) is 89.1 Å². The standard InChI is InChI=1S/C21H20ClN3O/c22-18-9-11-19(12-10-18)25-21(26)17-8-13-20(24-15-17)23-14-4-7-16-5-2-1-3-6-16/h1-3,5-6,8-13,15H,4,7,14H2,(H,23,24)(H,25,26). The van der Waals surface area contributed by atoms with Crippen LogP contribution < -0.4 is 10.6 Å². The summed E-state index contributed by atoms with van der Waals surface area (Å²) in [4.78, 5) is 16.5. The molecule has 3 rings (SSSR count). The largest absolute Gasteiger partial charge is 0.370 e. The normalized spacial score (nSPS) is 10.3. The van der Waals surface area contributed by atoms with Gasteiger partial charge in [-0.15, -0.1) is 0 Å². The molecule has 0 aliphatic heterocycles. The Kier molecular flexibility index (Phi) is 6.23. The van der Waals surface area contributed by atoms with Crippen molar-refractivity contribution in [1.29, 1.82) is 0 Å². The molecule has 1 heterocycles. The molecule has 132 valence electrons. The first kappa shape index (κ1) is 18.0. The second kappa shape index (κ2) is 9.02. The van der Waals surface area contributed by atoms with Crippen molar-refractivity contribution < 1.29 is 4.79 Å². The summed E-state index contributed by atoms with van der Waals surface area (Å²) < 4.78 is 0. The second-order valence-electron chi connectivity index (χ2n) is 5.91. The van der Waals surface area contributed by atoms with E-state index in [-0.39, 0.29) is 5.91 Å². The molecule has 26 heavy (non-hydrogen) atoms. The number of carbonyl (C=O) groups excluding carboxylic acids is 1. The number of pyridine rings is 1. The van der Waals surface area contributed by atoms with Crippen molar-refractivity contribution in [1.82, 2.24) is 4.98 Å². The first-order chi connectivity index (χ1) is 12.7. The Balaban J connectivity index is 1.46. The van der Waals surface area contributed by atoms with E-state index in [1.807, 2.05) is 12.1 Å². The van der Waals surface area contributed by atoms with E-state index in [2.05, 4.69) is 39.9 Å². The maximum Gasteiger partial charge on any atom is 0.257 e. The molecule has 0 spiro atoms. The number of nitrogens with zero attached hydrogens (tertiary/aromatic N) is 1. The zero-order valence-electron chi connectivity index (χ0n) is 14.3. The summed E-state index contributed by atoms with van der Waals surface area (Å²) in [7, 11) is 0. The molecule has 0 aliphatic carbocycles. The van der Waals surface area contributed by atoms with Gasteiger partial charge in [0.15, 0.2) is 0 Å². The number of halogens is 1. The Bertz CT molecular complexity index is 833. The average molecular weight is 366 g/mol. The topological polar surface area (TPSA) is 54.0 Å². The summed E-state index contributed by atoms with van der Waals surface area (Å²) in [6.07, 6.45) is 3.62. The number of benzene rings is 2. The third kappa shape index (κ3) is 5.33. The summed E-state index contributed by atoms with van der Waals surface area (Å²) in [5.74, 6) is 0.566. The third-order valence-electron chi connectivity index (χ3n) is 3.92. The molecule has 1 aromatic heterocycles. The van der Waals surface area contributed by atoms with Gasteiger partial charge in [-0.25, -0.2) is 4.98 Å². The fourth-order valence-electron chi connectivity index (χ4n) is 2.52. The van der Waals surface area contributed by atoms with Crippen molar-refractivity contribution in [3.8, 4) is 0 Å². The van der Waals surface area contributed by atoms with Crippen LogP contribution >= 0.6 is 11.6 Å². The number of hydrogen-bond acceptors (Lipinski definition) is 3. The summed E-state index contributed by atoms with van der Waals surface area (Å²) in [6.45, 7) is 0.832. The molecule has 0 atom stereocenters. The van der Waals surface area contributed by atoms with E-state index in [1.54, 1.807) is 36.5 Å². The van der Waals surface area contributed by atoms with Gasteiger partial charge in [0, 0.05) is 23.5 Å². The summed E-state index contributed by atoms with van der Waals surface area (Å²) in [6, 6.07) is 21.0. The Morgan fingerprint density at radius 2 is 1.73 bits per heavy atom. The van der Waals surface area contributed by atoms with Gasteiger partial charge in [-0.3, -0.25) is 4.79 Å². The molecule has 2 aromatic carbocycles. The summed E-state index contributed by atoms with van der Waals surface area (Å²) in [5.41, 5.74) is 2.54. The zero-order chi connectivity index (χ0) is 18.2. The molecule has 1 amide bonds. The van der Waals surface area contributed by atoms with E-state index < -0.39 is 0 Å². The van der Waals surface area contributed by atoms with Crippen LogP contribution in [0, 0.1) is 0 Å². The van der Waals surface area contributed by atoms with Gasteiger partial charge >= 0.3 is 0 Å². The van der Waals surface area contributed by atoms with Gasteiger partial charge in [0.25, 0.3) is 5.91 Å². The van der Waals surface area contributed by atoms with E-state index in [0.29, 0.717) is 16.3 Å². The van der Waals surface area contributed by atoms with Crippen molar-refractivity contribution in [2.45, 2.75) is 12.8 Å². The van der Waals surface area contributed by atoms with Crippen molar-refractivity contribution in [2.75, 3.05) is 17.2 Å². The zero-order valence-corrected chi connectivity index (χ0v) is 15.0. The number of aromatic nitrogens is 1. The predicted octanol–water partition coefficient (Wildman–Crippen LogP) is 5.03. The Morgan fingerprint density at radius 3 is 2.42 bits per heavy atom. The first-order valence-electron chi connectivity index (χ1n) is 8.51. The summed E-state index contributed by atoms with van der Waals surface area (Å²) in [5, 5.41) is 6.73. The second-order valence-corrected chi connectivity index (χ2v) is 6.35. The van der Waals surface area contributed by atoms with Crippen LogP contribution in [-0.4, -0.2) is 17.4 Å². The predicted molar refractivity (Wildman–Crippen MR) is 107 cm³/mol. The van der Waals surface area contributed by atoms with Crippen LogP contribution in [0.2, 0.25) is 5.02 Å². The SMILES string of the molecule is O=C(Nc1ccc(Cl)cc1)c1ccc(NCCCc2ccccc2)nc1. The highest BCUT2D eigenvalue weighted by Gasteiger charge is 2.06. The number of carbonyl (C=O) groups is 1. The first-order valence-corrected chi connectivity index (χ1v) is 8.89. The highest BCUT2D eigenvalue weighted by atomic mass is 35.5. The molecule has 0 radical (unpaired) electrons. The van der Waals surface area contributed by atoms with Gasteiger partial charge < -0.3 is 10.6 Å². The van der Waals surface area contributed by atoms with E-state index in [1.165, 1.54) is 5.56 Å². The molecule has 5 heteroatoms. The number of rotatable bonds is 7. The Labute approximate surface area is 158 Å². The minimum atomic E-state index is -0.199. The molecule has 3 aromatic rings. The van der Waals surface area contributed by atoms with E-state index >= 15 is 0 Å². The van der Waals surface area contributed by atoms with Crippen LogP contribution in [0.5, 0.6) is 0 Å². The van der Waals surface area contributed by atoms with Crippen molar-refractivity contribution in [2.24, 2.45) is 0 Å². The fraction of sp³-hybridized carbons (Fsp3) is 0.143. The number of aryl methyl sites for hydroxylation is 1. The molecule has 0 aliphatic rings. The van der Waals surface area contributed by atoms with Crippen LogP contribution in [0.15, 0.2) is 72.9 Å². The van der Waals surface area contributed by atoms with Crippen molar-refractivity contribution in [3.63, 3.8) is 0 Å². The van der Waals surface area contributed by atoms with E-state index in [9.17, 15) is 4.79 Å². The van der Waals surface area contributed by atoms with Crippen LogP contribution in [0.1, 0.15) is 22.3 Å². The van der Waals surface area contributed by atoms with Gasteiger partial charge in [0.05, 0.1) is 5.56 Å². The molecular formula is C21H20ClN3O. The van der Waals surface area contributed by atoms with Gasteiger partial charge in [0.2, 0.25) is 0 Å². The van der Waals surface area contributed by atoms with E-state index in [0.717, 1.165) is 25.2 Å². The number of amides is 1. The molecule has 0 saturated carbocycles. The lowest BCUT2D eigenvalue weighted by Gasteiger charge is -2.08. The minimum Gasteiger partial charge on any atom is -0.370 e. The van der Waals surface area contributed by atoms with Crippen molar-refractivity contribution >= 4 is 29.0 Å². The lowest BCUT2D eigenvalue weighted by molar-refractivity contribution is 0.102. The van der Waals surface area contributed by atoms with Crippen LogP contribution in [0.4, 0.5) is 11.5 Å². The number of hydrogen-bond donors (Lipinski definition) is 2. The fourth-order valence-corrected chi connectivity index (χ4v) is 2.65. The van der Waals surface area contributed by atoms with E-state index in [4.69, 9.17) is 11.6 Å². The highest BCUT2D eigenvalue weighted by Crippen LogP contribution is 2.15. The monoisotopic (exact) mass is 365 g/mol. The summed E-state index contributed by atoms with van der Waals surface area (Å²) >= 11 is 5.84. The van der Waals surface area contributed by atoms with Gasteiger partial charge in [0.1, 0.15) is 5.82 Å². The molecule has 2 N–H and O–H groups in total. The minimum absolute atomic E-state index is 0.199. The molecule has 0 unspecified atom stereocenters. The smallest absolute Gasteiger partial charge is 0.257 e. The molecular weight excluding hydrogens is 346 g/mol. The van der Waals surface area contributed by atoms with Gasteiger partial charge in [-0.1, -0.05) is 41.9 Å². The van der Waals surface area contributed by atoms with Gasteiger partial charge in [-0.2, -0.15) is 0 Å². The maximum atomic E-state index is 12.2.